The molecule has 1 heterocycles. The Bertz CT molecular complexity index is 252. The third-order valence-corrected chi connectivity index (χ3v) is 2.17. The fourth-order valence-corrected chi connectivity index (χ4v) is 1.31. The molecule has 0 saturated carbocycles. The number of nitriles is 1. The topological polar surface area (TPSA) is 52.9 Å². The van der Waals surface area contributed by atoms with E-state index in [1.165, 1.54) is 0 Å². The molecule has 0 aromatic heterocycles. The number of ketones is 1. The van der Waals surface area contributed by atoms with Crippen LogP contribution in [0.25, 0.3) is 0 Å². The van der Waals surface area contributed by atoms with Crippen LogP contribution in [0.1, 0.15) is 13.3 Å². The van der Waals surface area contributed by atoms with Gasteiger partial charge in [-0.2, -0.15) is 5.26 Å². The van der Waals surface area contributed by atoms with E-state index in [0.29, 0.717) is 13.0 Å². The van der Waals surface area contributed by atoms with Crippen molar-refractivity contribution in [2.24, 2.45) is 5.92 Å². The molecule has 3 nitrogen and oxygen atoms in total. The summed E-state index contributed by atoms with van der Waals surface area (Å²) in [6, 6.07) is 2.02. The standard InChI is InChI=1S/C9H12N2O/c1-6-3-9(7(2)12)11-5-8(6)4-10/h8-9,11H,1,3,5H2,2H3. The Morgan fingerprint density at radius 1 is 1.83 bits per heavy atom. The summed E-state index contributed by atoms with van der Waals surface area (Å²) in [4.78, 5) is 11.0. The second kappa shape index (κ2) is 3.51. The lowest BCUT2D eigenvalue weighted by Crippen LogP contribution is -2.43. The van der Waals surface area contributed by atoms with E-state index in [4.69, 9.17) is 5.26 Å². The predicted octanol–water partition coefficient (Wildman–Crippen LogP) is 0.633. The maximum Gasteiger partial charge on any atom is 0.147 e. The minimum absolute atomic E-state index is 0.118. The molecule has 2 atom stereocenters. The van der Waals surface area contributed by atoms with Gasteiger partial charge in [-0.05, 0) is 13.3 Å². The van der Waals surface area contributed by atoms with E-state index in [1.807, 2.05) is 0 Å². The minimum Gasteiger partial charge on any atom is -0.306 e. The van der Waals surface area contributed by atoms with Gasteiger partial charge in [-0.15, -0.1) is 0 Å². The van der Waals surface area contributed by atoms with Gasteiger partial charge in [-0.3, -0.25) is 4.79 Å². The van der Waals surface area contributed by atoms with E-state index in [-0.39, 0.29) is 17.7 Å². The number of carbonyl (C=O) groups is 1. The molecule has 2 unspecified atom stereocenters. The molecule has 1 fully saturated rings. The lowest BCUT2D eigenvalue weighted by Gasteiger charge is -2.26. The molecule has 0 radical (unpaired) electrons. The van der Waals surface area contributed by atoms with Crippen molar-refractivity contribution in [1.29, 1.82) is 5.26 Å². The van der Waals surface area contributed by atoms with Crippen LogP contribution >= 0.6 is 0 Å². The second-order valence-corrected chi connectivity index (χ2v) is 3.12. The zero-order valence-electron chi connectivity index (χ0n) is 7.13. The normalized spacial score (nSPS) is 29.5. The number of nitrogens with zero attached hydrogens (tertiary/aromatic N) is 1. The Morgan fingerprint density at radius 2 is 2.50 bits per heavy atom. The van der Waals surface area contributed by atoms with Crippen LogP contribution in [0.3, 0.4) is 0 Å². The van der Waals surface area contributed by atoms with Crippen molar-refractivity contribution in [3.05, 3.63) is 12.2 Å². The first-order valence-electron chi connectivity index (χ1n) is 3.96. The van der Waals surface area contributed by atoms with E-state index in [2.05, 4.69) is 18.0 Å². The smallest absolute Gasteiger partial charge is 0.147 e. The summed E-state index contributed by atoms with van der Waals surface area (Å²) >= 11 is 0. The van der Waals surface area contributed by atoms with E-state index in [0.717, 1.165) is 5.57 Å². The van der Waals surface area contributed by atoms with Gasteiger partial charge < -0.3 is 5.32 Å². The fraction of sp³-hybridized carbons (Fsp3) is 0.556. The Labute approximate surface area is 72.1 Å². The van der Waals surface area contributed by atoms with Crippen molar-refractivity contribution >= 4 is 5.78 Å². The van der Waals surface area contributed by atoms with Gasteiger partial charge in [0.1, 0.15) is 5.78 Å². The molecular formula is C9H12N2O. The number of hydrogen-bond acceptors (Lipinski definition) is 3. The minimum atomic E-state index is -0.124. The molecule has 0 amide bonds. The monoisotopic (exact) mass is 164 g/mol. The molecule has 1 aliphatic heterocycles. The third kappa shape index (κ3) is 1.72. The predicted molar refractivity (Wildman–Crippen MR) is 45.3 cm³/mol. The van der Waals surface area contributed by atoms with Crippen LogP contribution in [0.15, 0.2) is 12.2 Å². The van der Waals surface area contributed by atoms with Gasteiger partial charge in [-0.25, -0.2) is 0 Å². The first-order valence-corrected chi connectivity index (χ1v) is 3.96. The molecular weight excluding hydrogens is 152 g/mol. The fourth-order valence-electron chi connectivity index (χ4n) is 1.31. The van der Waals surface area contributed by atoms with E-state index in [1.54, 1.807) is 6.92 Å². The quantitative estimate of drug-likeness (QED) is 0.578. The summed E-state index contributed by atoms with van der Waals surface area (Å²) < 4.78 is 0. The number of nitrogens with one attached hydrogen (secondary N) is 1. The molecule has 1 aliphatic rings. The first kappa shape index (κ1) is 8.95. The molecule has 3 heteroatoms. The van der Waals surface area contributed by atoms with E-state index >= 15 is 0 Å². The summed E-state index contributed by atoms with van der Waals surface area (Å²) in [6.07, 6.45) is 0.605. The van der Waals surface area contributed by atoms with Crippen molar-refractivity contribution in [3.63, 3.8) is 0 Å². The van der Waals surface area contributed by atoms with Gasteiger partial charge in [0, 0.05) is 6.54 Å². The summed E-state index contributed by atoms with van der Waals surface area (Å²) in [5, 5.41) is 11.7. The Morgan fingerprint density at radius 3 is 2.92 bits per heavy atom. The van der Waals surface area contributed by atoms with Gasteiger partial charge in [-0.1, -0.05) is 12.2 Å². The maximum atomic E-state index is 11.0. The molecule has 64 valence electrons. The van der Waals surface area contributed by atoms with E-state index in [9.17, 15) is 4.79 Å². The van der Waals surface area contributed by atoms with Crippen molar-refractivity contribution < 1.29 is 4.79 Å². The van der Waals surface area contributed by atoms with Crippen LogP contribution in [-0.2, 0) is 4.79 Å². The Balaban J connectivity index is 2.59. The van der Waals surface area contributed by atoms with Crippen LogP contribution < -0.4 is 5.32 Å². The van der Waals surface area contributed by atoms with Crippen LogP contribution in [-0.4, -0.2) is 18.4 Å². The van der Waals surface area contributed by atoms with Gasteiger partial charge in [0.25, 0.3) is 0 Å². The van der Waals surface area contributed by atoms with Crippen LogP contribution in [0.5, 0.6) is 0 Å². The average molecular weight is 164 g/mol. The zero-order chi connectivity index (χ0) is 9.14. The van der Waals surface area contributed by atoms with Gasteiger partial charge in [0.2, 0.25) is 0 Å². The molecule has 1 rings (SSSR count). The molecule has 0 bridgehead atoms. The van der Waals surface area contributed by atoms with Gasteiger partial charge in [0.15, 0.2) is 0 Å². The number of carbonyl (C=O) groups excluding carboxylic acids is 1. The van der Waals surface area contributed by atoms with Gasteiger partial charge in [0.05, 0.1) is 18.0 Å². The zero-order valence-corrected chi connectivity index (χ0v) is 7.13. The maximum absolute atomic E-state index is 11.0. The molecule has 0 aliphatic carbocycles. The highest BCUT2D eigenvalue weighted by Crippen LogP contribution is 2.19. The number of hydrogen-bond donors (Lipinski definition) is 1. The largest absolute Gasteiger partial charge is 0.306 e. The van der Waals surface area contributed by atoms with Crippen molar-refractivity contribution in [2.75, 3.05) is 6.54 Å². The highest BCUT2D eigenvalue weighted by atomic mass is 16.1. The second-order valence-electron chi connectivity index (χ2n) is 3.12. The molecule has 0 spiro atoms. The Kier molecular flexibility index (Phi) is 2.61. The van der Waals surface area contributed by atoms with Crippen LogP contribution in [0.4, 0.5) is 0 Å². The van der Waals surface area contributed by atoms with Crippen LogP contribution in [0, 0.1) is 17.2 Å². The lowest BCUT2D eigenvalue weighted by atomic mass is 9.90. The SMILES string of the molecule is C=C1CC(C(C)=O)NCC1C#N. The third-order valence-electron chi connectivity index (χ3n) is 2.17. The number of Topliss-reactive ketones (excluding diaryl/α,β-unsaturated/α-hetero) is 1. The highest BCUT2D eigenvalue weighted by molar-refractivity contribution is 5.82. The first-order chi connectivity index (χ1) is 5.65. The Hall–Kier alpha value is -1.14. The average Bonchev–Trinajstić information content (AvgIpc) is 2.04. The molecule has 12 heavy (non-hydrogen) atoms. The highest BCUT2D eigenvalue weighted by Gasteiger charge is 2.25. The lowest BCUT2D eigenvalue weighted by molar-refractivity contribution is -0.119. The van der Waals surface area contributed by atoms with Crippen LogP contribution in [0.2, 0.25) is 0 Å². The molecule has 0 aromatic rings. The number of piperidine rings is 1. The number of rotatable bonds is 1. The van der Waals surface area contributed by atoms with E-state index < -0.39 is 0 Å². The summed E-state index contributed by atoms with van der Waals surface area (Å²) in [5.74, 6) is -0.00635. The summed E-state index contributed by atoms with van der Waals surface area (Å²) in [6.45, 7) is 5.89. The summed E-state index contributed by atoms with van der Waals surface area (Å²) in [5.41, 5.74) is 0.872. The summed E-state index contributed by atoms with van der Waals surface area (Å²) in [7, 11) is 0. The van der Waals surface area contributed by atoms with Gasteiger partial charge >= 0.3 is 0 Å². The van der Waals surface area contributed by atoms with Crippen molar-refractivity contribution in [3.8, 4) is 6.07 Å². The molecule has 1 saturated heterocycles. The molecule has 1 N–H and O–H groups in total. The van der Waals surface area contributed by atoms with Crippen molar-refractivity contribution in [1.82, 2.24) is 5.32 Å². The molecule has 0 aromatic carbocycles. The van der Waals surface area contributed by atoms with Crippen molar-refractivity contribution in [2.45, 2.75) is 19.4 Å².